The van der Waals surface area contributed by atoms with Gasteiger partial charge >= 0.3 is 6.09 Å². The third-order valence-corrected chi connectivity index (χ3v) is 4.77. The molecule has 0 aromatic heterocycles. The summed E-state index contributed by atoms with van der Waals surface area (Å²) >= 11 is 6.14. The van der Waals surface area contributed by atoms with Crippen LogP contribution in [0.3, 0.4) is 0 Å². The van der Waals surface area contributed by atoms with Gasteiger partial charge in [0.2, 0.25) is 11.8 Å². The number of anilines is 1. The molecule has 0 unspecified atom stereocenters. The lowest BCUT2D eigenvalue weighted by Gasteiger charge is -2.35. The van der Waals surface area contributed by atoms with Crippen LogP contribution >= 0.6 is 11.6 Å². The van der Waals surface area contributed by atoms with Crippen LogP contribution in [0.15, 0.2) is 18.2 Å². The molecule has 1 fully saturated rings. The van der Waals surface area contributed by atoms with Crippen LogP contribution in [-0.4, -0.2) is 67.0 Å². The quantitative estimate of drug-likeness (QED) is 0.802. The minimum Gasteiger partial charge on any atom is -0.450 e. The van der Waals surface area contributed by atoms with Crippen molar-refractivity contribution in [3.63, 3.8) is 0 Å². The summed E-state index contributed by atoms with van der Waals surface area (Å²) in [6.45, 7) is 6.92. The molecule has 0 atom stereocenters. The van der Waals surface area contributed by atoms with Gasteiger partial charge in [-0.3, -0.25) is 9.59 Å². The van der Waals surface area contributed by atoms with Crippen molar-refractivity contribution in [1.82, 2.24) is 9.80 Å². The second-order valence-electron chi connectivity index (χ2n) is 6.06. The maximum absolute atomic E-state index is 12.6. The highest BCUT2D eigenvalue weighted by atomic mass is 35.5. The molecule has 1 aliphatic heterocycles. The number of ether oxygens (including phenoxy) is 1. The summed E-state index contributed by atoms with van der Waals surface area (Å²) in [5, 5.41) is 0.546. The number of halogens is 1. The monoisotopic (exact) mass is 381 g/mol. The average Bonchev–Trinajstić information content (AvgIpc) is 2.62. The second kappa shape index (κ2) is 8.89. The molecule has 1 heterocycles. The predicted molar refractivity (Wildman–Crippen MR) is 99.4 cm³/mol. The minimum atomic E-state index is -0.362. The van der Waals surface area contributed by atoms with Gasteiger partial charge < -0.3 is 19.4 Å². The fourth-order valence-corrected chi connectivity index (χ4v) is 3.01. The third-order valence-electron chi connectivity index (χ3n) is 4.36. The molecule has 2 rings (SSSR count). The fraction of sp³-hybridized carbons (Fsp3) is 0.500. The van der Waals surface area contributed by atoms with E-state index in [1.54, 1.807) is 34.9 Å². The van der Waals surface area contributed by atoms with Crippen molar-refractivity contribution in [2.24, 2.45) is 0 Å². The van der Waals surface area contributed by atoms with Gasteiger partial charge in [0.1, 0.15) is 6.54 Å². The molecule has 0 spiro atoms. The van der Waals surface area contributed by atoms with Crippen LogP contribution in [0.2, 0.25) is 5.02 Å². The van der Waals surface area contributed by atoms with Crippen LogP contribution in [0.4, 0.5) is 10.5 Å². The summed E-state index contributed by atoms with van der Waals surface area (Å²) in [5.41, 5.74) is 1.38. The first kappa shape index (κ1) is 20.0. The molecule has 7 nitrogen and oxygen atoms in total. The normalized spacial score (nSPS) is 14.2. The zero-order valence-electron chi connectivity index (χ0n) is 15.3. The van der Waals surface area contributed by atoms with Gasteiger partial charge in [0.25, 0.3) is 0 Å². The van der Waals surface area contributed by atoms with Crippen molar-refractivity contribution in [2.45, 2.75) is 20.8 Å². The van der Waals surface area contributed by atoms with Crippen LogP contribution in [0.25, 0.3) is 0 Å². The van der Waals surface area contributed by atoms with Gasteiger partial charge in [-0.1, -0.05) is 17.7 Å². The zero-order valence-corrected chi connectivity index (χ0v) is 16.1. The van der Waals surface area contributed by atoms with Crippen LogP contribution in [0.1, 0.15) is 19.4 Å². The number of benzene rings is 1. The van der Waals surface area contributed by atoms with Crippen molar-refractivity contribution in [3.8, 4) is 0 Å². The zero-order chi connectivity index (χ0) is 19.3. The first-order valence-corrected chi connectivity index (χ1v) is 8.95. The van der Waals surface area contributed by atoms with E-state index in [-0.39, 0.29) is 24.5 Å². The van der Waals surface area contributed by atoms with Gasteiger partial charge in [-0.25, -0.2) is 4.79 Å². The standard InChI is InChI=1S/C18H24ClN3O4/c1-4-26-18(25)21-10-8-20(9-11-21)17(24)12-22(14(3)23)16-7-5-6-15(19)13(16)2/h5-7H,4,8-12H2,1-3H3. The van der Waals surface area contributed by atoms with Crippen molar-refractivity contribution in [3.05, 3.63) is 28.8 Å². The molecule has 0 aliphatic carbocycles. The van der Waals surface area contributed by atoms with Gasteiger partial charge in [-0.05, 0) is 31.5 Å². The fourth-order valence-electron chi connectivity index (χ4n) is 2.84. The van der Waals surface area contributed by atoms with Crippen molar-refractivity contribution in [2.75, 3.05) is 44.2 Å². The van der Waals surface area contributed by atoms with E-state index in [0.717, 1.165) is 5.56 Å². The number of amides is 3. The number of carbonyl (C=O) groups is 3. The van der Waals surface area contributed by atoms with E-state index in [9.17, 15) is 14.4 Å². The molecule has 26 heavy (non-hydrogen) atoms. The van der Waals surface area contributed by atoms with Crippen molar-refractivity contribution >= 4 is 35.2 Å². The molecule has 1 aliphatic rings. The van der Waals surface area contributed by atoms with Crippen LogP contribution in [-0.2, 0) is 14.3 Å². The molecule has 8 heteroatoms. The Bertz CT molecular complexity index is 687. The molecular formula is C18H24ClN3O4. The Labute approximate surface area is 158 Å². The molecule has 1 saturated heterocycles. The first-order valence-electron chi connectivity index (χ1n) is 8.57. The number of hydrogen-bond donors (Lipinski definition) is 0. The molecule has 0 bridgehead atoms. The molecule has 142 valence electrons. The van der Waals surface area contributed by atoms with Gasteiger partial charge in [0.05, 0.1) is 6.61 Å². The molecule has 1 aromatic carbocycles. The predicted octanol–water partition coefficient (Wildman–Crippen LogP) is 2.30. The Hall–Kier alpha value is -2.28. The van der Waals surface area contributed by atoms with E-state index < -0.39 is 0 Å². The molecule has 0 N–H and O–H groups in total. The minimum absolute atomic E-state index is 0.0596. The summed E-state index contributed by atoms with van der Waals surface area (Å²) in [7, 11) is 0. The van der Waals surface area contributed by atoms with Crippen LogP contribution in [0, 0.1) is 6.92 Å². The van der Waals surface area contributed by atoms with E-state index in [1.807, 2.05) is 6.92 Å². The van der Waals surface area contributed by atoms with Crippen molar-refractivity contribution in [1.29, 1.82) is 0 Å². The topological polar surface area (TPSA) is 70.2 Å². The lowest BCUT2D eigenvalue weighted by Crippen LogP contribution is -2.53. The molecule has 3 amide bonds. The highest BCUT2D eigenvalue weighted by Gasteiger charge is 2.27. The molecule has 0 radical (unpaired) electrons. The van der Waals surface area contributed by atoms with E-state index in [1.165, 1.54) is 11.8 Å². The van der Waals surface area contributed by atoms with Gasteiger partial charge in [0.15, 0.2) is 0 Å². The van der Waals surface area contributed by atoms with Crippen LogP contribution in [0.5, 0.6) is 0 Å². The maximum atomic E-state index is 12.6. The molecule has 1 aromatic rings. The Balaban J connectivity index is 2.02. The molecule has 0 saturated carbocycles. The highest BCUT2D eigenvalue weighted by molar-refractivity contribution is 6.31. The second-order valence-corrected chi connectivity index (χ2v) is 6.46. The van der Waals surface area contributed by atoms with Gasteiger partial charge in [-0.2, -0.15) is 0 Å². The number of piperazine rings is 1. The Morgan fingerprint density at radius 1 is 1.15 bits per heavy atom. The summed E-state index contributed by atoms with van der Waals surface area (Å²) in [6, 6.07) is 5.27. The largest absolute Gasteiger partial charge is 0.450 e. The smallest absolute Gasteiger partial charge is 0.409 e. The van der Waals surface area contributed by atoms with E-state index in [4.69, 9.17) is 16.3 Å². The average molecular weight is 382 g/mol. The Morgan fingerprint density at radius 2 is 1.77 bits per heavy atom. The highest BCUT2D eigenvalue weighted by Crippen LogP contribution is 2.26. The maximum Gasteiger partial charge on any atom is 0.409 e. The number of rotatable bonds is 4. The third kappa shape index (κ3) is 4.66. The number of hydrogen-bond acceptors (Lipinski definition) is 4. The summed E-state index contributed by atoms with van der Waals surface area (Å²) in [4.78, 5) is 41.1. The van der Waals surface area contributed by atoms with E-state index >= 15 is 0 Å². The van der Waals surface area contributed by atoms with Gasteiger partial charge in [0, 0.05) is 43.8 Å². The number of nitrogens with zero attached hydrogens (tertiary/aromatic N) is 3. The SMILES string of the molecule is CCOC(=O)N1CCN(C(=O)CN(C(C)=O)c2cccc(Cl)c2C)CC1. The van der Waals surface area contributed by atoms with E-state index in [2.05, 4.69) is 0 Å². The van der Waals surface area contributed by atoms with E-state index in [0.29, 0.717) is 43.5 Å². The summed E-state index contributed by atoms with van der Waals surface area (Å²) < 4.78 is 4.97. The molecular weight excluding hydrogens is 358 g/mol. The lowest BCUT2D eigenvalue weighted by atomic mass is 10.1. The summed E-state index contributed by atoms with van der Waals surface area (Å²) in [6.07, 6.45) is -0.362. The Kier molecular flexibility index (Phi) is 6.85. The summed E-state index contributed by atoms with van der Waals surface area (Å²) in [5.74, 6) is -0.392. The van der Waals surface area contributed by atoms with Crippen LogP contribution < -0.4 is 4.90 Å². The number of carbonyl (C=O) groups excluding carboxylic acids is 3. The lowest BCUT2D eigenvalue weighted by molar-refractivity contribution is -0.132. The Morgan fingerprint density at radius 3 is 2.35 bits per heavy atom. The van der Waals surface area contributed by atoms with Gasteiger partial charge in [-0.15, -0.1) is 0 Å². The van der Waals surface area contributed by atoms with Crippen molar-refractivity contribution < 1.29 is 19.1 Å². The first-order chi connectivity index (χ1) is 12.3.